The Balaban J connectivity index is 2.47. The van der Waals surface area contributed by atoms with Gasteiger partial charge in [0.2, 0.25) is 0 Å². The number of rotatable bonds is 4. The van der Waals surface area contributed by atoms with E-state index in [9.17, 15) is 0 Å². The molecule has 0 unspecified atom stereocenters. The van der Waals surface area contributed by atoms with Crippen LogP contribution in [-0.4, -0.2) is 22.7 Å². The maximum atomic E-state index is 9.06. The fourth-order valence-corrected chi connectivity index (χ4v) is 1.27. The molecule has 1 rings (SSSR count). The van der Waals surface area contributed by atoms with E-state index in [0.29, 0.717) is 0 Å². The van der Waals surface area contributed by atoms with Crippen molar-refractivity contribution in [2.75, 3.05) is 11.9 Å². The number of anilines is 1. The molecule has 0 aliphatic rings. The molecule has 1 aromatic rings. The van der Waals surface area contributed by atoms with Crippen molar-refractivity contribution < 1.29 is 5.11 Å². The predicted molar refractivity (Wildman–Crippen MR) is 61.5 cm³/mol. The Hall–Kier alpha value is -0.610. The Labute approximate surface area is 92.7 Å². The van der Waals surface area contributed by atoms with Crippen LogP contribution in [0.2, 0.25) is 0 Å². The van der Waals surface area contributed by atoms with Gasteiger partial charge in [-0.2, -0.15) is 0 Å². The predicted octanol–water partition coefficient (Wildman–Crippen LogP) is 2.34. The number of aliphatic hydroxyl groups is 1. The van der Waals surface area contributed by atoms with Crippen LogP contribution in [0.1, 0.15) is 19.0 Å². The average Bonchev–Trinajstić information content (AvgIpc) is 2.10. The smallest absolute Gasteiger partial charge is 0.126 e. The van der Waals surface area contributed by atoms with Crippen LogP contribution in [0, 0.1) is 6.92 Å². The first kappa shape index (κ1) is 11.5. The van der Waals surface area contributed by atoms with Crippen molar-refractivity contribution in [3.63, 3.8) is 0 Å². The van der Waals surface area contributed by atoms with Crippen molar-refractivity contribution in [1.29, 1.82) is 0 Å². The van der Waals surface area contributed by atoms with E-state index in [0.717, 1.165) is 29.0 Å². The summed E-state index contributed by atoms with van der Waals surface area (Å²) in [4.78, 5) is 4.33. The van der Waals surface area contributed by atoms with Gasteiger partial charge < -0.3 is 10.4 Å². The van der Waals surface area contributed by atoms with E-state index in [1.54, 1.807) is 6.92 Å². The van der Waals surface area contributed by atoms with E-state index < -0.39 is 0 Å². The summed E-state index contributed by atoms with van der Waals surface area (Å²) in [6, 6.07) is 3.88. The molecule has 14 heavy (non-hydrogen) atoms. The minimum atomic E-state index is -0.265. The summed E-state index contributed by atoms with van der Waals surface area (Å²) in [7, 11) is 0. The highest BCUT2D eigenvalue weighted by Crippen LogP contribution is 2.15. The molecule has 0 radical (unpaired) electrons. The van der Waals surface area contributed by atoms with Crippen LogP contribution < -0.4 is 5.32 Å². The molecule has 2 N–H and O–H groups in total. The van der Waals surface area contributed by atoms with Gasteiger partial charge in [-0.15, -0.1) is 0 Å². The summed E-state index contributed by atoms with van der Waals surface area (Å²) < 4.78 is 1.01. The lowest BCUT2D eigenvalue weighted by Gasteiger charge is -2.08. The summed E-state index contributed by atoms with van der Waals surface area (Å²) in [5.41, 5.74) is 0.965. The van der Waals surface area contributed by atoms with E-state index in [4.69, 9.17) is 5.11 Å². The Bertz CT molecular complexity index is 302. The first-order chi connectivity index (χ1) is 6.59. The molecule has 0 amide bonds. The number of pyridine rings is 1. The van der Waals surface area contributed by atoms with Crippen LogP contribution in [-0.2, 0) is 0 Å². The van der Waals surface area contributed by atoms with Crippen LogP contribution in [0.15, 0.2) is 16.6 Å². The van der Waals surface area contributed by atoms with Gasteiger partial charge in [0.15, 0.2) is 0 Å². The maximum Gasteiger partial charge on any atom is 0.126 e. The summed E-state index contributed by atoms with van der Waals surface area (Å²) in [6.07, 6.45) is 0.468. The molecule has 0 aromatic carbocycles. The molecule has 1 aromatic heterocycles. The third kappa shape index (κ3) is 3.64. The normalized spacial score (nSPS) is 12.6. The second kappa shape index (κ2) is 5.32. The van der Waals surface area contributed by atoms with Gasteiger partial charge in [-0.05, 0) is 48.3 Å². The second-order valence-electron chi connectivity index (χ2n) is 3.33. The molecular weight excluding hydrogens is 244 g/mol. The number of nitrogens with zero attached hydrogens (tertiary/aromatic N) is 1. The van der Waals surface area contributed by atoms with Crippen molar-refractivity contribution in [3.8, 4) is 0 Å². The fraction of sp³-hybridized carbons (Fsp3) is 0.500. The first-order valence-electron chi connectivity index (χ1n) is 4.64. The minimum Gasteiger partial charge on any atom is -0.393 e. The number of nitrogens with one attached hydrogen (secondary N) is 1. The van der Waals surface area contributed by atoms with Crippen LogP contribution >= 0.6 is 15.9 Å². The topological polar surface area (TPSA) is 45.2 Å². The SMILES string of the molecule is Cc1nc(NCC[C@@H](C)O)ccc1Br. The molecule has 0 aliphatic heterocycles. The molecular formula is C10H15BrN2O. The molecule has 1 heterocycles. The Kier molecular flexibility index (Phi) is 4.35. The molecule has 78 valence electrons. The third-order valence-electron chi connectivity index (χ3n) is 1.89. The van der Waals surface area contributed by atoms with Crippen LogP contribution in [0.4, 0.5) is 5.82 Å². The standard InChI is InChI=1S/C10H15BrN2O/c1-7(14)5-6-12-10-4-3-9(11)8(2)13-10/h3-4,7,14H,5-6H2,1-2H3,(H,12,13)/t7-/m1/s1. The lowest BCUT2D eigenvalue weighted by Crippen LogP contribution is -2.10. The van der Waals surface area contributed by atoms with Gasteiger partial charge in [-0.25, -0.2) is 4.98 Å². The lowest BCUT2D eigenvalue weighted by atomic mass is 10.3. The summed E-state index contributed by atoms with van der Waals surface area (Å²) in [5, 5.41) is 12.2. The zero-order valence-corrected chi connectivity index (χ0v) is 10.0. The quantitative estimate of drug-likeness (QED) is 0.872. The van der Waals surface area contributed by atoms with Gasteiger partial charge in [0.05, 0.1) is 11.8 Å². The maximum absolute atomic E-state index is 9.06. The van der Waals surface area contributed by atoms with E-state index in [1.807, 2.05) is 19.1 Å². The van der Waals surface area contributed by atoms with Gasteiger partial charge in [0.25, 0.3) is 0 Å². The molecule has 3 nitrogen and oxygen atoms in total. The number of hydrogen-bond donors (Lipinski definition) is 2. The summed E-state index contributed by atoms with van der Waals surface area (Å²) in [6.45, 7) is 4.47. The molecule has 0 aliphatic carbocycles. The van der Waals surface area contributed by atoms with Crippen LogP contribution in [0.5, 0.6) is 0 Å². The van der Waals surface area contributed by atoms with Gasteiger partial charge in [-0.1, -0.05) is 0 Å². The highest BCUT2D eigenvalue weighted by atomic mass is 79.9. The van der Waals surface area contributed by atoms with Gasteiger partial charge in [0.1, 0.15) is 5.82 Å². The largest absolute Gasteiger partial charge is 0.393 e. The van der Waals surface area contributed by atoms with Crippen LogP contribution in [0.25, 0.3) is 0 Å². The highest BCUT2D eigenvalue weighted by molar-refractivity contribution is 9.10. The number of hydrogen-bond acceptors (Lipinski definition) is 3. The highest BCUT2D eigenvalue weighted by Gasteiger charge is 1.99. The molecule has 0 spiro atoms. The fourth-order valence-electron chi connectivity index (χ4n) is 1.05. The zero-order chi connectivity index (χ0) is 10.6. The average molecular weight is 259 g/mol. The Morgan fingerprint density at radius 2 is 2.29 bits per heavy atom. The number of aryl methyl sites for hydroxylation is 1. The number of halogens is 1. The number of aliphatic hydroxyl groups excluding tert-OH is 1. The minimum absolute atomic E-state index is 0.265. The lowest BCUT2D eigenvalue weighted by molar-refractivity contribution is 0.188. The molecule has 0 saturated heterocycles. The van der Waals surface area contributed by atoms with Gasteiger partial charge in [0, 0.05) is 11.0 Å². The zero-order valence-electron chi connectivity index (χ0n) is 8.42. The van der Waals surface area contributed by atoms with Gasteiger partial charge >= 0.3 is 0 Å². The second-order valence-corrected chi connectivity index (χ2v) is 4.18. The van der Waals surface area contributed by atoms with Crippen molar-refractivity contribution >= 4 is 21.7 Å². The van der Waals surface area contributed by atoms with E-state index in [1.165, 1.54) is 0 Å². The van der Waals surface area contributed by atoms with Crippen molar-refractivity contribution in [1.82, 2.24) is 4.98 Å². The van der Waals surface area contributed by atoms with E-state index in [-0.39, 0.29) is 6.10 Å². The van der Waals surface area contributed by atoms with E-state index >= 15 is 0 Å². The first-order valence-corrected chi connectivity index (χ1v) is 5.44. The molecule has 1 atom stereocenters. The van der Waals surface area contributed by atoms with Crippen molar-refractivity contribution in [2.24, 2.45) is 0 Å². The molecule has 0 saturated carbocycles. The molecule has 0 fully saturated rings. The molecule has 0 bridgehead atoms. The monoisotopic (exact) mass is 258 g/mol. The summed E-state index contributed by atoms with van der Waals surface area (Å²) in [5.74, 6) is 0.853. The number of aromatic nitrogens is 1. The van der Waals surface area contributed by atoms with Crippen molar-refractivity contribution in [3.05, 3.63) is 22.3 Å². The third-order valence-corrected chi connectivity index (χ3v) is 2.73. The van der Waals surface area contributed by atoms with Gasteiger partial charge in [-0.3, -0.25) is 0 Å². The van der Waals surface area contributed by atoms with Crippen LogP contribution in [0.3, 0.4) is 0 Å². The molecule has 4 heteroatoms. The van der Waals surface area contributed by atoms with E-state index in [2.05, 4.69) is 26.2 Å². The summed E-state index contributed by atoms with van der Waals surface area (Å²) >= 11 is 3.39. The van der Waals surface area contributed by atoms with Crippen molar-refractivity contribution in [2.45, 2.75) is 26.4 Å². The Morgan fingerprint density at radius 3 is 2.86 bits per heavy atom. The Morgan fingerprint density at radius 1 is 1.57 bits per heavy atom.